The zero-order valence-electron chi connectivity index (χ0n) is 10.8. The summed E-state index contributed by atoms with van der Waals surface area (Å²) in [6.45, 7) is 2.25. The fraction of sp³-hybridized carbons (Fsp3) is 0.467. The van der Waals surface area contributed by atoms with E-state index in [9.17, 15) is 4.79 Å². The monoisotopic (exact) mass is 244 g/mol. The first-order valence-electron chi connectivity index (χ1n) is 6.62. The minimum Gasteiger partial charge on any atom is -0.350 e. The second kappa shape index (κ2) is 6.34. The molecule has 0 spiro atoms. The highest BCUT2D eigenvalue weighted by Gasteiger charge is 2.19. The minimum atomic E-state index is -0.00190. The Morgan fingerprint density at radius 2 is 2.39 bits per heavy atom. The Morgan fingerprint density at radius 3 is 3.11 bits per heavy atom. The molecule has 2 rings (SSSR count). The average molecular weight is 244 g/mol. The second-order valence-electron chi connectivity index (χ2n) is 5.10. The van der Waals surface area contributed by atoms with Crippen LogP contribution in [0.15, 0.2) is 30.6 Å². The van der Waals surface area contributed by atoms with Gasteiger partial charge in [0.2, 0.25) is 5.91 Å². The lowest BCUT2D eigenvalue weighted by molar-refractivity contribution is -0.117. The third kappa shape index (κ3) is 3.99. The summed E-state index contributed by atoms with van der Waals surface area (Å²) in [6.07, 6.45) is 11.6. The van der Waals surface area contributed by atoms with Gasteiger partial charge in [0, 0.05) is 24.5 Å². The molecule has 0 bridgehead atoms. The average Bonchev–Trinajstić information content (AvgIpc) is 2.38. The van der Waals surface area contributed by atoms with Gasteiger partial charge in [0.15, 0.2) is 0 Å². The standard InChI is InChI=1S/C15H20N2O/c1-12-4-2-6-14(10-12)17-15(18)8-7-13-5-3-9-16-11-13/h3,5,7-9,11-12,14H,2,4,6,10H2,1H3,(H,17,18)/b8-7+/t12-,14+/m1/s1. The molecule has 2 atom stereocenters. The Hall–Kier alpha value is -1.64. The molecular formula is C15H20N2O. The lowest BCUT2D eigenvalue weighted by Crippen LogP contribution is -2.36. The number of pyridine rings is 1. The first kappa shape index (κ1) is 12.8. The van der Waals surface area contributed by atoms with E-state index >= 15 is 0 Å². The first-order chi connectivity index (χ1) is 8.74. The van der Waals surface area contributed by atoms with E-state index in [4.69, 9.17) is 0 Å². The van der Waals surface area contributed by atoms with Crippen LogP contribution < -0.4 is 5.32 Å². The summed E-state index contributed by atoms with van der Waals surface area (Å²) < 4.78 is 0. The van der Waals surface area contributed by atoms with Crippen molar-refractivity contribution in [2.24, 2.45) is 5.92 Å². The van der Waals surface area contributed by atoms with Gasteiger partial charge in [-0.15, -0.1) is 0 Å². The number of hydrogen-bond acceptors (Lipinski definition) is 2. The third-order valence-corrected chi connectivity index (χ3v) is 3.39. The van der Waals surface area contributed by atoms with Crippen LogP contribution in [0.5, 0.6) is 0 Å². The lowest BCUT2D eigenvalue weighted by atomic mass is 9.87. The van der Waals surface area contributed by atoms with Crippen LogP contribution in [0.3, 0.4) is 0 Å². The van der Waals surface area contributed by atoms with Gasteiger partial charge in [-0.2, -0.15) is 0 Å². The van der Waals surface area contributed by atoms with Gasteiger partial charge in [-0.1, -0.05) is 25.8 Å². The van der Waals surface area contributed by atoms with Crippen molar-refractivity contribution in [2.75, 3.05) is 0 Å². The number of rotatable bonds is 3. The number of nitrogens with zero attached hydrogens (tertiary/aromatic N) is 1. The third-order valence-electron chi connectivity index (χ3n) is 3.39. The number of aromatic nitrogens is 1. The zero-order valence-corrected chi connectivity index (χ0v) is 10.8. The predicted octanol–water partition coefficient (Wildman–Crippen LogP) is 2.79. The molecule has 1 saturated carbocycles. The van der Waals surface area contributed by atoms with Crippen LogP contribution in [0, 0.1) is 5.92 Å². The Bertz CT molecular complexity index is 414. The molecule has 1 aliphatic carbocycles. The first-order valence-corrected chi connectivity index (χ1v) is 6.62. The van der Waals surface area contributed by atoms with E-state index in [1.54, 1.807) is 24.5 Å². The van der Waals surface area contributed by atoms with Crippen LogP contribution in [0.25, 0.3) is 6.08 Å². The van der Waals surface area contributed by atoms with Crippen LogP contribution in [0.4, 0.5) is 0 Å². The summed E-state index contributed by atoms with van der Waals surface area (Å²) >= 11 is 0. The molecular weight excluding hydrogens is 224 g/mol. The van der Waals surface area contributed by atoms with Crippen molar-refractivity contribution in [1.82, 2.24) is 10.3 Å². The predicted molar refractivity (Wildman–Crippen MR) is 72.8 cm³/mol. The molecule has 18 heavy (non-hydrogen) atoms. The molecule has 0 unspecified atom stereocenters. The van der Waals surface area contributed by atoms with Crippen molar-refractivity contribution in [3.05, 3.63) is 36.2 Å². The van der Waals surface area contributed by atoms with Crippen molar-refractivity contribution in [3.8, 4) is 0 Å². The quantitative estimate of drug-likeness (QED) is 0.831. The highest BCUT2D eigenvalue weighted by atomic mass is 16.1. The second-order valence-corrected chi connectivity index (χ2v) is 5.10. The van der Waals surface area contributed by atoms with Gasteiger partial charge >= 0.3 is 0 Å². The van der Waals surface area contributed by atoms with E-state index < -0.39 is 0 Å². The van der Waals surface area contributed by atoms with Crippen LogP contribution in [0.1, 0.15) is 38.2 Å². The van der Waals surface area contributed by atoms with Gasteiger partial charge in [0.25, 0.3) is 0 Å². The maximum absolute atomic E-state index is 11.8. The van der Waals surface area contributed by atoms with Crippen LogP contribution >= 0.6 is 0 Å². The van der Waals surface area contributed by atoms with Gasteiger partial charge in [0.05, 0.1) is 0 Å². The molecule has 0 saturated heterocycles. The number of amides is 1. The van der Waals surface area contributed by atoms with Crippen LogP contribution in [0.2, 0.25) is 0 Å². The molecule has 1 aliphatic rings. The zero-order chi connectivity index (χ0) is 12.8. The molecule has 1 amide bonds. The van der Waals surface area contributed by atoms with Crippen molar-refractivity contribution < 1.29 is 4.79 Å². The van der Waals surface area contributed by atoms with Crippen molar-refractivity contribution in [2.45, 2.75) is 38.6 Å². The summed E-state index contributed by atoms with van der Waals surface area (Å²) in [5.41, 5.74) is 0.949. The molecule has 0 aliphatic heterocycles. The van der Waals surface area contributed by atoms with Gasteiger partial charge in [-0.25, -0.2) is 0 Å². The summed E-state index contributed by atoms with van der Waals surface area (Å²) in [4.78, 5) is 15.8. The van der Waals surface area contributed by atoms with Crippen LogP contribution in [-0.2, 0) is 4.79 Å². The molecule has 0 radical (unpaired) electrons. The summed E-state index contributed by atoms with van der Waals surface area (Å²) in [7, 11) is 0. The van der Waals surface area contributed by atoms with E-state index in [2.05, 4.69) is 17.2 Å². The molecule has 96 valence electrons. The van der Waals surface area contributed by atoms with Gasteiger partial charge in [-0.05, 0) is 36.5 Å². The number of carbonyl (C=O) groups excluding carboxylic acids is 1. The van der Waals surface area contributed by atoms with Crippen molar-refractivity contribution >= 4 is 12.0 Å². The fourth-order valence-corrected chi connectivity index (χ4v) is 2.46. The summed E-state index contributed by atoms with van der Waals surface area (Å²) in [5, 5.41) is 3.07. The Kier molecular flexibility index (Phi) is 4.51. The minimum absolute atomic E-state index is 0.00190. The van der Waals surface area contributed by atoms with E-state index in [1.165, 1.54) is 12.8 Å². The Balaban J connectivity index is 1.83. The Morgan fingerprint density at radius 1 is 1.50 bits per heavy atom. The van der Waals surface area contributed by atoms with Gasteiger partial charge in [-0.3, -0.25) is 9.78 Å². The molecule has 3 nitrogen and oxygen atoms in total. The molecule has 1 fully saturated rings. The maximum atomic E-state index is 11.8. The van der Waals surface area contributed by atoms with E-state index in [0.717, 1.165) is 24.3 Å². The highest BCUT2D eigenvalue weighted by Crippen LogP contribution is 2.23. The van der Waals surface area contributed by atoms with Gasteiger partial charge in [0.1, 0.15) is 0 Å². The molecule has 1 aromatic heterocycles. The highest BCUT2D eigenvalue weighted by molar-refractivity contribution is 5.91. The van der Waals surface area contributed by atoms with Gasteiger partial charge < -0.3 is 5.32 Å². The number of hydrogen-bond donors (Lipinski definition) is 1. The maximum Gasteiger partial charge on any atom is 0.244 e. The fourth-order valence-electron chi connectivity index (χ4n) is 2.46. The molecule has 0 aromatic carbocycles. The Labute approximate surface area is 108 Å². The van der Waals surface area contributed by atoms with E-state index in [0.29, 0.717) is 6.04 Å². The van der Waals surface area contributed by atoms with Crippen LogP contribution in [-0.4, -0.2) is 16.9 Å². The van der Waals surface area contributed by atoms with E-state index in [1.807, 2.05) is 12.1 Å². The smallest absolute Gasteiger partial charge is 0.244 e. The number of carbonyl (C=O) groups is 1. The topological polar surface area (TPSA) is 42.0 Å². The number of nitrogens with one attached hydrogen (secondary N) is 1. The molecule has 1 heterocycles. The molecule has 1 aromatic rings. The largest absolute Gasteiger partial charge is 0.350 e. The summed E-state index contributed by atoms with van der Waals surface area (Å²) in [5.74, 6) is 0.726. The summed E-state index contributed by atoms with van der Waals surface area (Å²) in [6, 6.07) is 4.14. The van der Waals surface area contributed by atoms with Crippen molar-refractivity contribution in [3.63, 3.8) is 0 Å². The molecule has 3 heteroatoms. The lowest BCUT2D eigenvalue weighted by Gasteiger charge is -2.26. The molecule has 1 N–H and O–H groups in total. The van der Waals surface area contributed by atoms with Crippen molar-refractivity contribution in [1.29, 1.82) is 0 Å². The SMILES string of the molecule is C[C@@H]1CCC[C@H](NC(=O)/C=C/c2cccnc2)C1. The van der Waals surface area contributed by atoms with E-state index in [-0.39, 0.29) is 5.91 Å². The normalized spacial score (nSPS) is 24.1.